The van der Waals surface area contributed by atoms with E-state index in [1.807, 2.05) is 77.3 Å². The molecule has 1 aliphatic heterocycles. The van der Waals surface area contributed by atoms with Crippen LogP contribution in [0.4, 0.5) is 0 Å². The Bertz CT molecular complexity index is 1020. The van der Waals surface area contributed by atoms with Crippen molar-refractivity contribution in [1.82, 2.24) is 10.2 Å². The molecule has 0 spiro atoms. The zero-order chi connectivity index (χ0) is 21.5. The number of benzene rings is 3. The van der Waals surface area contributed by atoms with Crippen molar-refractivity contribution in [2.45, 2.75) is 24.2 Å². The highest BCUT2D eigenvalue weighted by Crippen LogP contribution is 2.24. The molecule has 0 aliphatic carbocycles. The van der Waals surface area contributed by atoms with Crippen molar-refractivity contribution in [1.29, 1.82) is 0 Å². The number of nitrogens with one attached hydrogen (secondary N) is 1. The number of nitrogens with zero attached hydrogens (tertiary/aromatic N) is 1. The molecule has 0 unspecified atom stereocenters. The number of hydrogen-bond acceptors (Lipinski definition) is 3. The number of rotatable bonds is 7. The summed E-state index contributed by atoms with van der Waals surface area (Å²) in [7, 11) is 0. The number of fused-ring (bicyclic) bond motifs is 1. The third kappa shape index (κ3) is 5.47. The minimum atomic E-state index is -0.00153. The predicted molar refractivity (Wildman–Crippen MR) is 127 cm³/mol. The Balaban J connectivity index is 1.22. The summed E-state index contributed by atoms with van der Waals surface area (Å²) in [5.41, 5.74) is 0.747. The van der Waals surface area contributed by atoms with Crippen molar-refractivity contribution in [2.75, 3.05) is 25.4 Å². The van der Waals surface area contributed by atoms with Gasteiger partial charge in [0.2, 0.25) is 5.91 Å². The number of thioether (sulfide) groups is 1. The summed E-state index contributed by atoms with van der Waals surface area (Å²) in [5.74, 6) is 1.18. The van der Waals surface area contributed by atoms with Gasteiger partial charge in [-0.3, -0.25) is 9.59 Å². The second-order valence-electron chi connectivity index (χ2n) is 7.90. The maximum absolute atomic E-state index is 13.1. The Kier molecular flexibility index (Phi) is 7.26. The van der Waals surface area contributed by atoms with Gasteiger partial charge in [-0.1, -0.05) is 54.6 Å². The van der Waals surface area contributed by atoms with Crippen LogP contribution in [0.5, 0.6) is 0 Å². The topological polar surface area (TPSA) is 49.4 Å². The highest BCUT2D eigenvalue weighted by molar-refractivity contribution is 7.99. The van der Waals surface area contributed by atoms with Crippen LogP contribution < -0.4 is 5.32 Å². The van der Waals surface area contributed by atoms with Gasteiger partial charge in [0.15, 0.2) is 0 Å². The highest BCUT2D eigenvalue weighted by Gasteiger charge is 2.28. The predicted octanol–water partition coefficient (Wildman–Crippen LogP) is 4.99. The summed E-state index contributed by atoms with van der Waals surface area (Å²) in [6, 6.07) is 24.2. The molecule has 0 radical (unpaired) electrons. The van der Waals surface area contributed by atoms with Crippen molar-refractivity contribution >= 4 is 34.3 Å². The summed E-state index contributed by atoms with van der Waals surface area (Å²) in [5, 5.41) is 5.15. The van der Waals surface area contributed by atoms with Crippen LogP contribution in [-0.4, -0.2) is 42.1 Å². The Morgan fingerprint density at radius 2 is 1.61 bits per heavy atom. The first kappa shape index (κ1) is 21.4. The Labute approximate surface area is 188 Å². The van der Waals surface area contributed by atoms with Crippen LogP contribution in [0.2, 0.25) is 0 Å². The molecule has 1 saturated heterocycles. The molecule has 1 heterocycles. The average Bonchev–Trinajstić information content (AvgIpc) is 2.83. The maximum Gasteiger partial charge on any atom is 0.254 e. The molecule has 0 saturated carbocycles. The van der Waals surface area contributed by atoms with Crippen LogP contribution in [0, 0.1) is 5.92 Å². The average molecular weight is 433 g/mol. The van der Waals surface area contributed by atoms with Crippen LogP contribution in [0.1, 0.15) is 29.6 Å². The summed E-state index contributed by atoms with van der Waals surface area (Å²) in [4.78, 5) is 28.8. The molecule has 2 amide bonds. The van der Waals surface area contributed by atoms with Gasteiger partial charge in [-0.15, -0.1) is 11.8 Å². The molecule has 0 atom stereocenters. The van der Waals surface area contributed by atoms with E-state index in [9.17, 15) is 9.59 Å². The summed E-state index contributed by atoms with van der Waals surface area (Å²) < 4.78 is 0. The molecule has 1 aliphatic rings. The zero-order valence-corrected chi connectivity index (χ0v) is 18.4. The fourth-order valence-electron chi connectivity index (χ4n) is 4.06. The first-order valence-electron chi connectivity index (χ1n) is 10.9. The minimum Gasteiger partial charge on any atom is -0.356 e. The molecule has 3 aromatic rings. The number of amides is 2. The molecule has 3 aromatic carbocycles. The summed E-state index contributed by atoms with van der Waals surface area (Å²) in [6.07, 6.45) is 2.39. The van der Waals surface area contributed by atoms with E-state index in [0.29, 0.717) is 19.6 Å². The lowest BCUT2D eigenvalue weighted by Gasteiger charge is -2.31. The van der Waals surface area contributed by atoms with Crippen LogP contribution >= 0.6 is 11.8 Å². The van der Waals surface area contributed by atoms with Crippen molar-refractivity contribution < 1.29 is 9.59 Å². The van der Waals surface area contributed by atoms with E-state index >= 15 is 0 Å². The molecule has 0 aromatic heterocycles. The van der Waals surface area contributed by atoms with Gasteiger partial charge in [-0.2, -0.15) is 0 Å². The van der Waals surface area contributed by atoms with Gasteiger partial charge in [-0.25, -0.2) is 0 Å². The molecule has 4 rings (SSSR count). The monoisotopic (exact) mass is 432 g/mol. The SMILES string of the molecule is O=C(NCCCSc1ccccc1)C1CCN(C(=O)c2cccc3ccccc23)CC1. The number of carbonyl (C=O) groups excluding carboxylic acids is 2. The van der Waals surface area contributed by atoms with Gasteiger partial charge < -0.3 is 10.2 Å². The minimum absolute atomic E-state index is 0.00153. The van der Waals surface area contributed by atoms with E-state index < -0.39 is 0 Å². The lowest BCUT2D eigenvalue weighted by atomic mass is 9.95. The summed E-state index contributed by atoms with van der Waals surface area (Å²) in [6.45, 7) is 1.96. The van der Waals surface area contributed by atoms with Crippen LogP contribution in [-0.2, 0) is 4.79 Å². The second-order valence-corrected chi connectivity index (χ2v) is 9.07. The fourth-order valence-corrected chi connectivity index (χ4v) is 4.94. The van der Waals surface area contributed by atoms with E-state index in [0.717, 1.165) is 41.4 Å². The molecule has 1 N–H and O–H groups in total. The van der Waals surface area contributed by atoms with Crippen LogP contribution in [0.25, 0.3) is 10.8 Å². The van der Waals surface area contributed by atoms with E-state index in [4.69, 9.17) is 0 Å². The smallest absolute Gasteiger partial charge is 0.254 e. The first-order valence-corrected chi connectivity index (χ1v) is 11.9. The van der Waals surface area contributed by atoms with Crippen molar-refractivity contribution in [3.63, 3.8) is 0 Å². The zero-order valence-electron chi connectivity index (χ0n) is 17.6. The van der Waals surface area contributed by atoms with Gasteiger partial charge in [0, 0.05) is 36.0 Å². The van der Waals surface area contributed by atoms with Crippen molar-refractivity contribution in [3.05, 3.63) is 78.4 Å². The van der Waals surface area contributed by atoms with Crippen LogP contribution in [0.15, 0.2) is 77.7 Å². The van der Waals surface area contributed by atoms with E-state index in [2.05, 4.69) is 17.4 Å². The molecule has 31 heavy (non-hydrogen) atoms. The van der Waals surface area contributed by atoms with Crippen molar-refractivity contribution in [3.8, 4) is 0 Å². The Hall–Kier alpha value is -2.79. The number of carbonyl (C=O) groups is 2. The largest absolute Gasteiger partial charge is 0.356 e. The quantitative estimate of drug-likeness (QED) is 0.423. The van der Waals surface area contributed by atoms with Gasteiger partial charge in [0.25, 0.3) is 5.91 Å². The molecular weight excluding hydrogens is 404 g/mol. The molecule has 0 bridgehead atoms. The van der Waals surface area contributed by atoms with E-state index in [1.165, 1.54) is 4.90 Å². The third-order valence-electron chi connectivity index (χ3n) is 5.81. The normalized spacial score (nSPS) is 14.5. The lowest BCUT2D eigenvalue weighted by Crippen LogP contribution is -2.43. The standard InChI is InChI=1S/C26H28N2O2S/c29-25(27-16-7-19-31-22-10-2-1-3-11-22)21-14-17-28(18-15-21)26(30)24-13-6-9-20-8-4-5-12-23(20)24/h1-6,8-13,21H,7,14-19H2,(H,27,29). The number of hydrogen-bond donors (Lipinski definition) is 1. The highest BCUT2D eigenvalue weighted by atomic mass is 32.2. The molecule has 5 heteroatoms. The Morgan fingerprint density at radius 1 is 0.903 bits per heavy atom. The number of piperidine rings is 1. The molecule has 160 valence electrons. The third-order valence-corrected chi connectivity index (χ3v) is 6.90. The maximum atomic E-state index is 13.1. The Morgan fingerprint density at radius 3 is 2.42 bits per heavy atom. The molecule has 1 fully saturated rings. The van der Waals surface area contributed by atoms with E-state index in [1.54, 1.807) is 0 Å². The fraction of sp³-hybridized carbons (Fsp3) is 0.308. The van der Waals surface area contributed by atoms with Gasteiger partial charge in [0.05, 0.1) is 0 Å². The molecular formula is C26H28N2O2S. The van der Waals surface area contributed by atoms with Gasteiger partial charge in [-0.05, 0) is 54.0 Å². The number of likely N-dealkylation sites (tertiary alicyclic amines) is 1. The lowest BCUT2D eigenvalue weighted by molar-refractivity contribution is -0.126. The summed E-state index contributed by atoms with van der Waals surface area (Å²) >= 11 is 1.81. The second kappa shape index (κ2) is 10.5. The van der Waals surface area contributed by atoms with Gasteiger partial charge >= 0.3 is 0 Å². The molecule has 4 nitrogen and oxygen atoms in total. The first-order chi connectivity index (χ1) is 15.2. The van der Waals surface area contributed by atoms with Crippen molar-refractivity contribution in [2.24, 2.45) is 5.92 Å². The van der Waals surface area contributed by atoms with Crippen LogP contribution in [0.3, 0.4) is 0 Å². The van der Waals surface area contributed by atoms with E-state index in [-0.39, 0.29) is 17.7 Å². The van der Waals surface area contributed by atoms with Gasteiger partial charge in [0.1, 0.15) is 0 Å².